The Balaban J connectivity index is 0. The van der Waals surface area contributed by atoms with E-state index in [2.05, 4.69) is 61.6 Å². The molecule has 20 N–H and O–H groups in total. The van der Waals surface area contributed by atoms with Gasteiger partial charge in [-0.2, -0.15) is 9.97 Å². The van der Waals surface area contributed by atoms with Crippen molar-refractivity contribution >= 4 is 89.6 Å². The zero-order chi connectivity index (χ0) is 61.5. The number of phosphoric acid groups is 4. The number of aromatic nitrogens is 4. The number of para-hydroxylation sites is 1. The zero-order valence-electron chi connectivity index (χ0n) is 46.4. The van der Waals surface area contributed by atoms with Gasteiger partial charge in [-0.1, -0.05) is 60.7 Å². The Kier molecular flexibility index (Phi) is 38.5. The van der Waals surface area contributed by atoms with Gasteiger partial charge in [-0.05, 0) is 74.4 Å². The SMILES string of the molecule is CC(=O)O[C@@H]1C[C@@H](CO)O[C@H]1n1ccc(N)nc1=O.CCCCN(CCCC)CCCC.Nc1ccn([C@@H]2O[C@H](COP([O-])(=P)OP(=O)([O-])OP(=O)([O-])O)C[C@H]2O)c(=O)n1.O=C1OP(Cl)Oc2ccccc21.O=P([O-])([O-])OP(=O)([O-])O.[NH4+].[NH4+].[NH4+]. The number of quaternary nitrogens is 3. The Hall–Kier alpha value is -3.11. The summed E-state index contributed by atoms with van der Waals surface area (Å²) in [4.78, 5) is 133. The topological polar surface area (TPSA) is 639 Å². The van der Waals surface area contributed by atoms with Crippen LogP contribution in [0, 0.1) is 0 Å². The van der Waals surface area contributed by atoms with Crippen molar-refractivity contribution in [3.8, 4) is 5.75 Å². The third-order valence-corrected chi connectivity index (χ3v) is 17.6. The third-order valence-electron chi connectivity index (χ3n) is 10.0. The molecule has 2 aromatic heterocycles. The summed E-state index contributed by atoms with van der Waals surface area (Å²) in [5.74, 6) is -0.344. The number of halogens is 1. The maximum atomic E-state index is 11.9. The van der Waals surface area contributed by atoms with E-state index < -0.39 is 113 Å². The lowest BCUT2D eigenvalue weighted by atomic mass is 10.2. The van der Waals surface area contributed by atoms with Crippen LogP contribution in [0.3, 0.4) is 0 Å². The number of hydrogen-bond acceptors (Lipinski definition) is 30. The number of esters is 1. The molecule has 3 aromatic rings. The van der Waals surface area contributed by atoms with Crippen LogP contribution >= 0.6 is 66.0 Å². The molecule has 6 rings (SSSR count). The van der Waals surface area contributed by atoms with Gasteiger partial charge in [-0.15, -0.1) is 0 Å². The van der Waals surface area contributed by atoms with Crippen molar-refractivity contribution in [1.82, 2.24) is 42.5 Å². The minimum atomic E-state index is -5.75. The molecule has 3 aliphatic heterocycles. The van der Waals surface area contributed by atoms with Gasteiger partial charge in [0.15, 0.2) is 12.5 Å². The first-order chi connectivity index (χ1) is 37.5. The number of carbonyl (C=O) groups excluding carboxylic acids is 2. The average molecular weight is 1370 g/mol. The predicted octanol–water partition coefficient (Wildman–Crippen LogP) is 1.48. The second kappa shape index (κ2) is 39.0. The highest BCUT2D eigenvalue weighted by Crippen LogP contribution is 2.63. The maximum Gasteiger partial charge on any atom is 0.403 e. The molecule has 2 saturated heterocycles. The molecule has 486 valence electrons. The van der Waals surface area contributed by atoms with E-state index in [1.165, 1.54) is 94.2 Å². The minimum Gasteiger partial charge on any atom is -0.790 e. The van der Waals surface area contributed by atoms with Crippen molar-refractivity contribution in [2.45, 2.75) is 116 Å². The van der Waals surface area contributed by atoms with Crippen molar-refractivity contribution in [2.24, 2.45) is 0 Å². The van der Waals surface area contributed by atoms with E-state index in [9.17, 15) is 71.9 Å². The number of fused-ring (bicyclic) bond motifs is 1. The molecule has 84 heavy (non-hydrogen) atoms. The largest absolute Gasteiger partial charge is 0.790 e. The Labute approximate surface area is 489 Å². The van der Waals surface area contributed by atoms with Crippen molar-refractivity contribution in [2.75, 3.05) is 44.3 Å². The number of nitrogen functional groups attached to an aromatic ring is 2. The van der Waals surface area contributed by atoms with Crippen LogP contribution in [-0.2, 0) is 59.2 Å². The number of aliphatic hydroxyl groups is 2. The highest BCUT2D eigenvalue weighted by Gasteiger charge is 2.39. The number of hydrogen-bond donors (Lipinski definition) is 9. The molecular weight excluding hydrogens is 1290 g/mol. The van der Waals surface area contributed by atoms with E-state index in [0.29, 0.717) is 17.7 Å². The number of anilines is 2. The van der Waals surface area contributed by atoms with Crippen LogP contribution in [-0.4, -0.2) is 113 Å². The number of carbonyl (C=O) groups is 2. The molecule has 37 nitrogen and oxygen atoms in total. The second-order valence-electron chi connectivity index (χ2n) is 16.7. The fourth-order valence-corrected chi connectivity index (χ4v) is 12.9. The minimum absolute atomic E-state index is 0. The molecule has 0 aliphatic carbocycles. The predicted molar refractivity (Wildman–Crippen MR) is 295 cm³/mol. The van der Waals surface area contributed by atoms with Crippen LogP contribution in [0.5, 0.6) is 5.75 Å². The van der Waals surface area contributed by atoms with E-state index in [4.69, 9.17) is 60.9 Å². The highest BCUT2D eigenvalue weighted by atomic mass is 35.7. The monoisotopic (exact) mass is 1370 g/mol. The number of nitrogens with zero attached hydrogens (tertiary/aromatic N) is 5. The van der Waals surface area contributed by atoms with E-state index >= 15 is 0 Å². The van der Waals surface area contributed by atoms with Gasteiger partial charge in [0.05, 0.1) is 40.5 Å². The molecule has 0 bridgehead atoms. The summed E-state index contributed by atoms with van der Waals surface area (Å²) in [5, 5.41) is 19.1. The van der Waals surface area contributed by atoms with E-state index in [0.717, 1.165) is 4.57 Å². The normalized spacial score (nSPS) is 22.3. The quantitative estimate of drug-likeness (QED) is 0.0508. The number of ether oxygens (including phenoxy) is 3. The Morgan fingerprint density at radius 1 is 0.774 bits per heavy atom. The van der Waals surface area contributed by atoms with Crippen LogP contribution in [0.2, 0.25) is 0 Å². The molecular formula is C39H73ClN10O27P7-3. The molecule has 0 spiro atoms. The number of benzene rings is 1. The Bertz CT molecular complexity index is 2810. The summed E-state index contributed by atoms with van der Waals surface area (Å²) in [7, 11) is -26.3. The van der Waals surface area contributed by atoms with Gasteiger partial charge in [0, 0.05) is 32.2 Å². The molecule has 2 fully saturated rings. The zero-order valence-corrected chi connectivity index (χ0v) is 53.5. The van der Waals surface area contributed by atoms with Gasteiger partial charge in [-0.25, -0.2) is 18.7 Å². The number of unbranched alkanes of at least 4 members (excludes halogenated alkanes) is 3. The standard InChI is InChI=1S/C12H27N.C11H15N3O5.C9H16N3O12P4.C7H4ClO3P.3H3N.H4O7P2/c1-4-7-10-13(11-8-5-2)12-9-6-3;1-6(16)18-8-4-7(5-15)19-10(8)14-3-2-9(12)13-11(14)17;10-7-1-2-12(9(14)11-7)8-6(13)3-5(22-8)4-21-28(20,25)24-27(18,19)23-26(15,16)17;8-12-10-6-4-2-1-3-5(6)7(9)11-12;;;;1-8(2,3)7-9(4,5)6/h4-12H2,1-3H3;2-3,7-8,10,15H,4-5H2,1H3,(H2,12,13,17);1-2,5-6,8,13,25H,3-4H2,(H5-,10,11,14,15,16,17,18,19,20);1-4H;3*1H3;(H2,1,2,3)(H2,4,5,6)/q;;-1;;;;;/p-2/t;7-,8+,10+;5-,6+,8+,28?;;;;;/m.00...../s1. The van der Waals surface area contributed by atoms with Crippen LogP contribution < -0.4 is 75.2 Å². The molecule has 5 heterocycles. The van der Waals surface area contributed by atoms with Crippen LogP contribution in [0.15, 0.2) is 58.4 Å². The fraction of sp³-hybridized carbons (Fsp3) is 0.590. The average Bonchev–Trinajstić information content (AvgIpc) is 3.92. The van der Waals surface area contributed by atoms with Crippen molar-refractivity contribution < 1.29 is 118 Å². The molecule has 1 aromatic carbocycles. The fourth-order valence-electron chi connectivity index (χ4n) is 6.73. The first-order valence-electron chi connectivity index (χ1n) is 23.7. The van der Waals surface area contributed by atoms with Gasteiger partial charge >= 0.3 is 31.0 Å². The lowest BCUT2D eigenvalue weighted by molar-refractivity contribution is -0.339. The van der Waals surface area contributed by atoms with E-state index in [1.807, 2.05) is 0 Å². The number of aliphatic hydroxyl groups excluding tert-OH is 2. The van der Waals surface area contributed by atoms with Crippen LogP contribution in [0.4, 0.5) is 11.6 Å². The summed E-state index contributed by atoms with van der Waals surface area (Å²) < 4.78 is 82.9. The highest BCUT2D eigenvalue weighted by molar-refractivity contribution is 7.90. The van der Waals surface area contributed by atoms with Gasteiger partial charge in [0.2, 0.25) is 0 Å². The summed E-state index contributed by atoms with van der Waals surface area (Å²) in [6.07, 6.45) is 5.70. The lowest BCUT2D eigenvalue weighted by Crippen LogP contribution is -2.33. The van der Waals surface area contributed by atoms with Gasteiger partial charge in [0.1, 0.15) is 35.2 Å². The van der Waals surface area contributed by atoms with Gasteiger partial charge in [-0.3, -0.25) is 36.2 Å². The first-order valence-corrected chi connectivity index (χ1v) is 34.6. The number of nitrogens with two attached hydrogens (primary N) is 2. The Morgan fingerprint density at radius 2 is 1.25 bits per heavy atom. The number of rotatable bonds is 22. The van der Waals surface area contributed by atoms with Crippen molar-refractivity contribution in [3.63, 3.8) is 0 Å². The van der Waals surface area contributed by atoms with Gasteiger partial charge < -0.3 is 117 Å². The summed E-state index contributed by atoms with van der Waals surface area (Å²) in [5.41, 5.74) is 9.80. The molecule has 0 radical (unpaired) electrons. The van der Waals surface area contributed by atoms with Crippen LogP contribution in [0.25, 0.3) is 0 Å². The van der Waals surface area contributed by atoms with Crippen LogP contribution in [0.1, 0.15) is 102 Å². The smallest absolute Gasteiger partial charge is 0.403 e. The molecule has 0 amide bonds. The molecule has 45 heteroatoms. The second-order valence-corrected chi connectivity index (χ2v) is 26.8. The van der Waals surface area contributed by atoms with Crippen molar-refractivity contribution in [3.05, 3.63) is 75.3 Å². The third kappa shape index (κ3) is 33.3. The first kappa shape index (κ1) is 83.0. The molecule has 3 aliphatic rings. The molecule has 0 saturated carbocycles. The van der Waals surface area contributed by atoms with Gasteiger partial charge in [0.25, 0.3) is 23.5 Å². The summed E-state index contributed by atoms with van der Waals surface area (Å²) in [6, 6.07) is 9.58. The van der Waals surface area contributed by atoms with E-state index in [-0.39, 0.29) is 43.1 Å². The van der Waals surface area contributed by atoms with E-state index in [1.54, 1.807) is 24.3 Å². The summed E-state index contributed by atoms with van der Waals surface area (Å²) >= 11 is 5.54. The Morgan fingerprint density at radius 3 is 1.68 bits per heavy atom. The van der Waals surface area contributed by atoms with Crippen molar-refractivity contribution in [1.29, 1.82) is 0 Å². The lowest BCUT2D eigenvalue weighted by Gasteiger charge is -2.36. The molecule has 11 atom stereocenters. The summed E-state index contributed by atoms with van der Waals surface area (Å²) in [6.45, 7) is 11.2. The molecule has 5 unspecified atom stereocenters. The maximum absolute atomic E-state index is 11.9.